The van der Waals surface area contributed by atoms with Gasteiger partial charge in [-0.1, -0.05) is 0 Å². The maximum Gasteiger partial charge on any atom is 0.282 e. The highest BCUT2D eigenvalue weighted by Gasteiger charge is 2.22. The highest BCUT2D eigenvalue weighted by Crippen LogP contribution is 2.25. The van der Waals surface area contributed by atoms with Crippen molar-refractivity contribution in [3.8, 4) is 0 Å². The fourth-order valence-electron chi connectivity index (χ4n) is 1.49. The lowest BCUT2D eigenvalue weighted by molar-refractivity contribution is 0.00955. The van der Waals surface area contributed by atoms with E-state index in [2.05, 4.69) is 15.2 Å². The lowest BCUT2D eigenvalue weighted by Crippen LogP contribution is -2.15. The van der Waals surface area contributed by atoms with Gasteiger partial charge in [0.15, 0.2) is 5.82 Å². The second-order valence-corrected chi connectivity index (χ2v) is 4.86. The first-order chi connectivity index (χ1) is 7.07. The van der Waals surface area contributed by atoms with Gasteiger partial charge in [-0.2, -0.15) is 4.98 Å². The van der Waals surface area contributed by atoms with E-state index < -0.39 is 10.0 Å². The van der Waals surface area contributed by atoms with Gasteiger partial charge in [-0.05, 0) is 19.3 Å². The van der Waals surface area contributed by atoms with Gasteiger partial charge >= 0.3 is 0 Å². The molecular weight excluding hydrogens is 220 g/mol. The molecule has 1 aliphatic rings. The Morgan fingerprint density at radius 2 is 2.27 bits per heavy atom. The Bertz CT molecular complexity index is 435. The number of H-pyrrole nitrogens is 1. The minimum Gasteiger partial charge on any atom is -0.370 e. The van der Waals surface area contributed by atoms with E-state index >= 15 is 0 Å². The molecule has 1 unspecified atom stereocenters. The van der Waals surface area contributed by atoms with Crippen LogP contribution in [0.3, 0.4) is 0 Å². The fourth-order valence-corrected chi connectivity index (χ4v) is 1.88. The van der Waals surface area contributed by atoms with Crippen molar-refractivity contribution in [1.82, 2.24) is 15.2 Å². The Morgan fingerprint density at radius 3 is 2.80 bits per heavy atom. The molecule has 8 heteroatoms. The molecule has 3 N–H and O–H groups in total. The van der Waals surface area contributed by atoms with Gasteiger partial charge in [0.1, 0.15) is 6.10 Å². The van der Waals surface area contributed by atoms with Crippen LogP contribution >= 0.6 is 0 Å². The van der Waals surface area contributed by atoms with Crippen LogP contribution in [0.4, 0.5) is 0 Å². The average Bonchev–Trinajstić information content (AvgIpc) is 2.67. The number of sulfonamides is 1. The molecule has 0 aromatic carbocycles. The van der Waals surface area contributed by atoms with E-state index in [0.717, 1.165) is 19.3 Å². The van der Waals surface area contributed by atoms with E-state index in [9.17, 15) is 8.42 Å². The summed E-state index contributed by atoms with van der Waals surface area (Å²) in [5.74, 6) is 0.429. The zero-order valence-corrected chi connectivity index (χ0v) is 8.83. The third-order valence-electron chi connectivity index (χ3n) is 2.22. The van der Waals surface area contributed by atoms with Crippen molar-refractivity contribution in [2.45, 2.75) is 30.5 Å². The highest BCUT2D eigenvalue weighted by molar-refractivity contribution is 7.89. The largest absolute Gasteiger partial charge is 0.370 e. The summed E-state index contributed by atoms with van der Waals surface area (Å²) in [5, 5.41) is 10.6. The molecular formula is C7H12N4O3S. The van der Waals surface area contributed by atoms with Crippen LogP contribution in [0, 0.1) is 0 Å². The number of hydrogen-bond donors (Lipinski definition) is 2. The number of hydrogen-bond acceptors (Lipinski definition) is 5. The molecule has 0 aliphatic carbocycles. The van der Waals surface area contributed by atoms with Crippen LogP contribution in [0.25, 0.3) is 0 Å². The van der Waals surface area contributed by atoms with Crippen LogP contribution in [0.2, 0.25) is 0 Å². The molecule has 0 amide bonds. The van der Waals surface area contributed by atoms with Gasteiger partial charge in [0, 0.05) is 6.61 Å². The van der Waals surface area contributed by atoms with Crippen LogP contribution in [0.15, 0.2) is 5.16 Å². The van der Waals surface area contributed by atoms with Gasteiger partial charge in [-0.25, -0.2) is 13.6 Å². The van der Waals surface area contributed by atoms with Gasteiger partial charge in [-0.15, -0.1) is 5.10 Å². The first kappa shape index (κ1) is 10.5. The summed E-state index contributed by atoms with van der Waals surface area (Å²) >= 11 is 0. The number of primary sulfonamides is 1. The van der Waals surface area contributed by atoms with E-state index in [1.807, 2.05) is 0 Å². The Balaban J connectivity index is 2.19. The Hall–Kier alpha value is -0.990. The predicted octanol–water partition coefficient (Wildman–Crippen LogP) is -0.306. The molecule has 1 aromatic rings. The molecule has 1 aromatic heterocycles. The first-order valence-corrected chi connectivity index (χ1v) is 6.19. The normalized spacial score (nSPS) is 22.9. The third-order valence-corrected chi connectivity index (χ3v) is 2.91. The monoisotopic (exact) mass is 232 g/mol. The molecule has 84 valence electrons. The Kier molecular flexibility index (Phi) is 2.72. The van der Waals surface area contributed by atoms with Gasteiger partial charge in [0.2, 0.25) is 0 Å². The summed E-state index contributed by atoms with van der Waals surface area (Å²) in [6, 6.07) is 0. The van der Waals surface area contributed by atoms with Gasteiger partial charge < -0.3 is 4.74 Å². The number of nitrogens with two attached hydrogens (primary N) is 1. The van der Waals surface area contributed by atoms with Crippen LogP contribution < -0.4 is 5.14 Å². The van der Waals surface area contributed by atoms with Crippen molar-refractivity contribution in [2.24, 2.45) is 5.14 Å². The second kappa shape index (κ2) is 3.87. The predicted molar refractivity (Wildman–Crippen MR) is 50.3 cm³/mol. The zero-order valence-electron chi connectivity index (χ0n) is 8.01. The van der Waals surface area contributed by atoms with Crippen LogP contribution in [0.1, 0.15) is 31.2 Å². The number of nitrogens with zero attached hydrogens (tertiary/aromatic N) is 2. The van der Waals surface area contributed by atoms with Crippen molar-refractivity contribution in [3.63, 3.8) is 0 Å². The summed E-state index contributed by atoms with van der Waals surface area (Å²) in [6.07, 6.45) is 2.68. The Morgan fingerprint density at radius 1 is 1.47 bits per heavy atom. The molecule has 1 saturated heterocycles. The number of ether oxygens (including phenoxy) is 1. The average molecular weight is 232 g/mol. The number of rotatable bonds is 2. The van der Waals surface area contributed by atoms with Crippen molar-refractivity contribution in [2.75, 3.05) is 6.61 Å². The number of aromatic nitrogens is 3. The Labute approximate surface area is 87.1 Å². The molecule has 1 atom stereocenters. The lowest BCUT2D eigenvalue weighted by Gasteiger charge is -2.19. The third kappa shape index (κ3) is 2.33. The van der Waals surface area contributed by atoms with E-state index in [-0.39, 0.29) is 11.3 Å². The summed E-state index contributed by atoms with van der Waals surface area (Å²) in [5.41, 5.74) is 0. The summed E-state index contributed by atoms with van der Waals surface area (Å²) < 4.78 is 27.3. The highest BCUT2D eigenvalue weighted by atomic mass is 32.2. The topological polar surface area (TPSA) is 111 Å². The molecule has 0 saturated carbocycles. The maximum absolute atomic E-state index is 10.9. The summed E-state index contributed by atoms with van der Waals surface area (Å²) in [7, 11) is -3.83. The molecule has 7 nitrogen and oxygen atoms in total. The van der Waals surface area contributed by atoms with Crippen molar-refractivity contribution < 1.29 is 13.2 Å². The maximum atomic E-state index is 10.9. The summed E-state index contributed by atoms with van der Waals surface area (Å²) in [4.78, 5) is 3.80. The molecule has 0 bridgehead atoms. The molecule has 0 radical (unpaired) electrons. The molecule has 15 heavy (non-hydrogen) atoms. The molecule has 2 rings (SSSR count). The van der Waals surface area contributed by atoms with Crippen molar-refractivity contribution >= 4 is 10.0 Å². The van der Waals surface area contributed by atoms with E-state index in [0.29, 0.717) is 12.4 Å². The van der Waals surface area contributed by atoms with Crippen molar-refractivity contribution in [3.05, 3.63) is 5.82 Å². The number of aromatic amines is 1. The van der Waals surface area contributed by atoms with Gasteiger partial charge in [-0.3, -0.25) is 5.10 Å². The second-order valence-electron chi connectivity index (χ2n) is 3.40. The molecule has 1 aliphatic heterocycles. The standard InChI is InChI=1S/C7H12N4O3S/c8-15(12,13)7-9-6(10-11-7)5-3-1-2-4-14-5/h5H,1-4H2,(H2,8,12,13)(H,9,10,11). The smallest absolute Gasteiger partial charge is 0.282 e. The minimum absolute atomic E-state index is 0.193. The van der Waals surface area contributed by atoms with Crippen LogP contribution in [-0.2, 0) is 14.8 Å². The lowest BCUT2D eigenvalue weighted by atomic mass is 10.1. The van der Waals surface area contributed by atoms with Crippen molar-refractivity contribution in [1.29, 1.82) is 0 Å². The number of nitrogens with one attached hydrogen (secondary N) is 1. The molecule has 2 heterocycles. The van der Waals surface area contributed by atoms with Crippen LogP contribution in [-0.4, -0.2) is 30.2 Å². The van der Waals surface area contributed by atoms with E-state index in [4.69, 9.17) is 9.88 Å². The summed E-state index contributed by atoms with van der Waals surface area (Å²) in [6.45, 7) is 0.663. The van der Waals surface area contributed by atoms with Gasteiger partial charge in [0.25, 0.3) is 15.2 Å². The molecule has 1 fully saturated rings. The minimum atomic E-state index is -3.83. The SMILES string of the molecule is NS(=O)(=O)c1n[nH]c(C2CCCCO2)n1. The van der Waals surface area contributed by atoms with Gasteiger partial charge in [0.05, 0.1) is 0 Å². The van der Waals surface area contributed by atoms with Crippen LogP contribution in [0.5, 0.6) is 0 Å². The molecule has 0 spiro atoms. The van der Waals surface area contributed by atoms with E-state index in [1.165, 1.54) is 0 Å². The zero-order chi connectivity index (χ0) is 10.9. The first-order valence-electron chi connectivity index (χ1n) is 4.64. The van der Waals surface area contributed by atoms with E-state index in [1.54, 1.807) is 0 Å². The quantitative estimate of drug-likeness (QED) is 0.726. The fraction of sp³-hybridized carbons (Fsp3) is 0.714.